The first-order valence-corrected chi connectivity index (χ1v) is 6.80. The molecule has 0 aromatic heterocycles. The van der Waals surface area contributed by atoms with Crippen molar-refractivity contribution in [2.24, 2.45) is 0 Å². The van der Waals surface area contributed by atoms with Gasteiger partial charge >= 0.3 is 12.3 Å². The fourth-order valence-electron chi connectivity index (χ4n) is 2.08. The normalized spacial score (nSPS) is 19.2. The molecule has 1 heterocycles. The second-order valence-electron chi connectivity index (χ2n) is 4.76. The lowest BCUT2D eigenvalue weighted by molar-refractivity contribution is -0.135. The Kier molecular flexibility index (Phi) is 6.73. The number of likely N-dealkylation sites (tertiary alicyclic amines) is 1. The van der Waals surface area contributed by atoms with Crippen LogP contribution in [0.1, 0.15) is 19.8 Å². The molecule has 0 saturated carbocycles. The zero-order valence-electron chi connectivity index (χ0n) is 11.8. The molecular weight excluding hydrogens is 291 g/mol. The van der Waals surface area contributed by atoms with E-state index in [1.165, 1.54) is 4.90 Å². The van der Waals surface area contributed by atoms with Crippen LogP contribution in [0.15, 0.2) is 0 Å². The predicted octanol–water partition coefficient (Wildman–Crippen LogP) is 0.875. The third-order valence-electron chi connectivity index (χ3n) is 2.97. The summed E-state index contributed by atoms with van der Waals surface area (Å²) in [4.78, 5) is 24.5. The quantitative estimate of drug-likeness (QED) is 0.790. The first-order valence-electron chi connectivity index (χ1n) is 6.80. The molecule has 2 amide bonds. The van der Waals surface area contributed by atoms with Gasteiger partial charge in [0.1, 0.15) is 0 Å². The number of piperidine rings is 1. The van der Waals surface area contributed by atoms with E-state index in [9.17, 15) is 22.8 Å². The monoisotopic (exact) mass is 311 g/mol. The molecule has 122 valence electrons. The van der Waals surface area contributed by atoms with Gasteiger partial charge in [-0.05, 0) is 19.8 Å². The van der Waals surface area contributed by atoms with Crippen LogP contribution >= 0.6 is 0 Å². The molecule has 1 saturated heterocycles. The summed E-state index contributed by atoms with van der Waals surface area (Å²) >= 11 is 0. The van der Waals surface area contributed by atoms with E-state index in [1.54, 1.807) is 6.92 Å². The summed E-state index contributed by atoms with van der Waals surface area (Å²) in [7, 11) is 0. The van der Waals surface area contributed by atoms with Gasteiger partial charge in [-0.15, -0.1) is 0 Å². The maximum atomic E-state index is 12.0. The maximum absolute atomic E-state index is 12.0. The van der Waals surface area contributed by atoms with Crippen LogP contribution in [-0.2, 0) is 9.53 Å². The molecule has 6 nitrogen and oxygen atoms in total. The van der Waals surface area contributed by atoms with Crippen LogP contribution in [0.25, 0.3) is 0 Å². The summed E-state index contributed by atoms with van der Waals surface area (Å²) in [6.07, 6.45) is -3.50. The van der Waals surface area contributed by atoms with Crippen molar-refractivity contribution in [2.75, 3.05) is 32.8 Å². The second kappa shape index (κ2) is 8.06. The minimum Gasteiger partial charge on any atom is -0.450 e. The number of amides is 2. The van der Waals surface area contributed by atoms with E-state index in [4.69, 9.17) is 4.74 Å². The van der Waals surface area contributed by atoms with E-state index in [-0.39, 0.29) is 25.7 Å². The fraction of sp³-hybridized carbons (Fsp3) is 0.833. The first kappa shape index (κ1) is 17.5. The molecule has 1 fully saturated rings. The number of nitrogens with zero attached hydrogens (tertiary/aromatic N) is 1. The van der Waals surface area contributed by atoms with Crippen molar-refractivity contribution in [1.29, 1.82) is 0 Å². The number of alkyl carbamates (subject to hydrolysis) is 1. The number of hydrogen-bond donors (Lipinski definition) is 2. The number of carbonyl (C=O) groups is 2. The van der Waals surface area contributed by atoms with Gasteiger partial charge in [-0.3, -0.25) is 4.79 Å². The molecule has 1 rings (SSSR count). The molecule has 0 aliphatic carbocycles. The number of alkyl halides is 3. The van der Waals surface area contributed by atoms with Crippen molar-refractivity contribution in [3.63, 3.8) is 0 Å². The lowest BCUT2D eigenvalue weighted by Gasteiger charge is -2.33. The van der Waals surface area contributed by atoms with Crippen molar-refractivity contribution in [3.8, 4) is 0 Å². The van der Waals surface area contributed by atoms with E-state index in [2.05, 4.69) is 10.6 Å². The summed E-state index contributed by atoms with van der Waals surface area (Å²) in [5.74, 6) is -0.408. The Balaban J connectivity index is 2.34. The van der Waals surface area contributed by atoms with Gasteiger partial charge < -0.3 is 20.3 Å². The highest BCUT2D eigenvalue weighted by Crippen LogP contribution is 2.13. The Hall–Kier alpha value is -1.51. The molecule has 21 heavy (non-hydrogen) atoms. The van der Waals surface area contributed by atoms with Gasteiger partial charge in [0.15, 0.2) is 0 Å². The molecule has 1 aliphatic rings. The van der Waals surface area contributed by atoms with Crippen LogP contribution in [0, 0.1) is 0 Å². The first-order chi connectivity index (χ1) is 9.81. The fourth-order valence-corrected chi connectivity index (χ4v) is 2.08. The van der Waals surface area contributed by atoms with Crippen molar-refractivity contribution in [3.05, 3.63) is 0 Å². The minimum atomic E-state index is -4.34. The predicted molar refractivity (Wildman–Crippen MR) is 68.7 cm³/mol. The van der Waals surface area contributed by atoms with Crippen molar-refractivity contribution in [1.82, 2.24) is 15.5 Å². The lowest BCUT2D eigenvalue weighted by Crippen LogP contribution is -2.51. The Labute approximate surface area is 121 Å². The van der Waals surface area contributed by atoms with Gasteiger partial charge in [0.2, 0.25) is 5.91 Å². The zero-order valence-corrected chi connectivity index (χ0v) is 11.8. The zero-order chi connectivity index (χ0) is 15.9. The van der Waals surface area contributed by atoms with Gasteiger partial charge in [-0.25, -0.2) is 4.79 Å². The smallest absolute Gasteiger partial charge is 0.407 e. The van der Waals surface area contributed by atoms with Gasteiger partial charge in [0.25, 0.3) is 0 Å². The number of rotatable bonds is 5. The standard InChI is InChI=1S/C12H20F3N3O3/c1-2-21-11(20)17-9-4-3-5-18(7-9)10(19)6-16-8-12(13,14)15/h9,16H,2-8H2,1H3,(H,17,20). The molecular formula is C12H20F3N3O3. The van der Waals surface area contributed by atoms with E-state index in [0.717, 1.165) is 0 Å². The van der Waals surface area contributed by atoms with Crippen molar-refractivity contribution >= 4 is 12.0 Å². The van der Waals surface area contributed by atoms with Crippen LogP contribution in [-0.4, -0.2) is 61.9 Å². The molecule has 0 spiro atoms. The number of halogens is 3. The van der Waals surface area contributed by atoms with Crippen LogP contribution < -0.4 is 10.6 Å². The summed E-state index contributed by atoms with van der Waals surface area (Å²) in [5.41, 5.74) is 0. The molecule has 0 aromatic rings. The second-order valence-corrected chi connectivity index (χ2v) is 4.76. The van der Waals surface area contributed by atoms with Gasteiger partial charge in [0, 0.05) is 19.1 Å². The molecule has 0 bridgehead atoms. The average molecular weight is 311 g/mol. The van der Waals surface area contributed by atoms with Crippen LogP contribution in [0.4, 0.5) is 18.0 Å². The van der Waals surface area contributed by atoms with E-state index >= 15 is 0 Å². The maximum Gasteiger partial charge on any atom is 0.407 e. The highest BCUT2D eigenvalue weighted by Gasteiger charge is 2.28. The van der Waals surface area contributed by atoms with Crippen molar-refractivity contribution in [2.45, 2.75) is 32.0 Å². The van der Waals surface area contributed by atoms with Crippen LogP contribution in [0.3, 0.4) is 0 Å². The average Bonchev–Trinajstić information content (AvgIpc) is 2.37. The highest BCUT2D eigenvalue weighted by molar-refractivity contribution is 5.78. The SMILES string of the molecule is CCOC(=O)NC1CCCN(C(=O)CNCC(F)(F)F)C1. The molecule has 0 radical (unpaired) electrons. The van der Waals surface area contributed by atoms with Gasteiger partial charge in [-0.1, -0.05) is 0 Å². The summed E-state index contributed by atoms with van der Waals surface area (Å²) in [5, 5.41) is 4.70. The summed E-state index contributed by atoms with van der Waals surface area (Å²) in [6.45, 7) is 1.13. The van der Waals surface area contributed by atoms with Crippen molar-refractivity contribution < 1.29 is 27.5 Å². The number of ether oxygens (including phenoxy) is 1. The minimum absolute atomic E-state index is 0.232. The highest BCUT2D eigenvalue weighted by atomic mass is 19.4. The van der Waals surface area contributed by atoms with E-state index < -0.39 is 24.7 Å². The third kappa shape index (κ3) is 7.16. The Morgan fingerprint density at radius 1 is 1.38 bits per heavy atom. The Morgan fingerprint density at radius 3 is 2.71 bits per heavy atom. The molecule has 1 unspecified atom stereocenters. The molecule has 1 aliphatic heterocycles. The number of hydrogen-bond acceptors (Lipinski definition) is 4. The molecule has 2 N–H and O–H groups in total. The van der Waals surface area contributed by atoms with Gasteiger partial charge in [0.05, 0.1) is 19.7 Å². The van der Waals surface area contributed by atoms with Crippen LogP contribution in [0.2, 0.25) is 0 Å². The third-order valence-corrected chi connectivity index (χ3v) is 2.97. The largest absolute Gasteiger partial charge is 0.450 e. The summed E-state index contributed by atoms with van der Waals surface area (Å²) in [6, 6.07) is -0.232. The molecule has 1 atom stereocenters. The topological polar surface area (TPSA) is 70.7 Å². The van der Waals surface area contributed by atoms with Crippen LogP contribution in [0.5, 0.6) is 0 Å². The Bertz CT molecular complexity index is 363. The lowest BCUT2D eigenvalue weighted by atomic mass is 10.1. The molecule has 9 heteroatoms. The van der Waals surface area contributed by atoms with Gasteiger partial charge in [-0.2, -0.15) is 13.2 Å². The van der Waals surface area contributed by atoms with E-state index in [1.807, 2.05) is 0 Å². The molecule has 0 aromatic carbocycles. The van der Waals surface area contributed by atoms with E-state index in [0.29, 0.717) is 19.4 Å². The number of carbonyl (C=O) groups excluding carboxylic acids is 2. The number of nitrogens with one attached hydrogen (secondary N) is 2. The summed E-state index contributed by atoms with van der Waals surface area (Å²) < 4.78 is 40.7. The Morgan fingerprint density at radius 2 is 2.10 bits per heavy atom.